The van der Waals surface area contributed by atoms with Crippen LogP contribution in [0.15, 0.2) is 76.6 Å². The minimum atomic E-state index is -3.92. The lowest BCUT2D eigenvalue weighted by molar-refractivity contribution is -0.119. The van der Waals surface area contributed by atoms with Crippen molar-refractivity contribution in [1.29, 1.82) is 0 Å². The van der Waals surface area contributed by atoms with Gasteiger partial charge in [-0.1, -0.05) is 47.5 Å². The fraction of sp³-hybridized carbons (Fsp3) is 0.417. The van der Waals surface area contributed by atoms with Crippen LogP contribution in [0.2, 0.25) is 10.0 Å². The molecule has 1 saturated heterocycles. The average Bonchev–Trinajstić information content (AvgIpc) is 3.28. The van der Waals surface area contributed by atoms with Gasteiger partial charge < -0.3 is 15.4 Å². The Morgan fingerprint density at radius 3 is 2.00 bits per heavy atom. The van der Waals surface area contributed by atoms with Crippen molar-refractivity contribution in [3.05, 3.63) is 93.5 Å². The number of halogens is 2. The number of aliphatic imine (C=N–C) groups is 1. The first kappa shape index (κ1) is 37.6. The molecule has 3 aromatic carbocycles. The fourth-order valence-corrected chi connectivity index (χ4v) is 8.30. The second kappa shape index (κ2) is 14.1. The van der Waals surface area contributed by atoms with Crippen molar-refractivity contribution < 1.29 is 22.7 Å². The molecule has 0 aliphatic carbocycles. The van der Waals surface area contributed by atoms with Crippen LogP contribution >= 0.6 is 23.2 Å². The van der Waals surface area contributed by atoms with E-state index in [0.717, 1.165) is 11.1 Å². The molecule has 0 spiro atoms. The second-order valence-corrected chi connectivity index (χ2v) is 16.4. The SMILES string of the molecule is CCOc1cc(S(=O)(=O)NC(C)(C)C)ccc1C1=N[C@@](C)(c2ccc(Cl)cc2)[C@@](C)(c2ccc(Cl)cc2)N1C(=O)N1CCN(CC(N)=O)CC1. The zero-order chi connectivity index (χ0) is 36.6. The lowest BCUT2D eigenvalue weighted by Gasteiger charge is -2.47. The summed E-state index contributed by atoms with van der Waals surface area (Å²) in [6.45, 7) is 13.0. The molecule has 50 heavy (non-hydrogen) atoms. The van der Waals surface area contributed by atoms with Gasteiger partial charge in [-0.05, 0) is 89.1 Å². The van der Waals surface area contributed by atoms with E-state index in [-0.39, 0.29) is 29.8 Å². The third-order valence-electron chi connectivity index (χ3n) is 9.21. The molecule has 2 heterocycles. The molecule has 0 radical (unpaired) electrons. The molecule has 0 aromatic heterocycles. The van der Waals surface area contributed by atoms with Crippen molar-refractivity contribution in [3.8, 4) is 5.75 Å². The first-order valence-electron chi connectivity index (χ1n) is 16.4. The maximum atomic E-state index is 15.1. The minimum Gasteiger partial charge on any atom is -0.493 e. The molecule has 3 amide bonds. The summed E-state index contributed by atoms with van der Waals surface area (Å²) in [5, 5.41) is 1.08. The first-order valence-corrected chi connectivity index (χ1v) is 18.7. The number of amidine groups is 1. The molecule has 5 rings (SSSR count). The van der Waals surface area contributed by atoms with E-state index in [1.54, 1.807) is 67.8 Å². The summed E-state index contributed by atoms with van der Waals surface area (Å²) in [5.74, 6) is 0.131. The van der Waals surface area contributed by atoms with Gasteiger partial charge in [-0.3, -0.25) is 19.6 Å². The highest BCUT2D eigenvalue weighted by molar-refractivity contribution is 7.89. The Hall–Kier alpha value is -3.68. The molecule has 1 fully saturated rings. The summed E-state index contributed by atoms with van der Waals surface area (Å²) in [6, 6.07) is 19.0. The molecule has 0 saturated carbocycles. The molecule has 2 aliphatic rings. The number of urea groups is 1. The van der Waals surface area contributed by atoms with E-state index in [1.807, 2.05) is 43.0 Å². The summed E-state index contributed by atoms with van der Waals surface area (Å²) in [4.78, 5) is 37.4. The number of sulfonamides is 1. The third kappa shape index (κ3) is 7.36. The van der Waals surface area contributed by atoms with Crippen LogP contribution in [0.1, 0.15) is 58.2 Å². The quantitative estimate of drug-likeness (QED) is 0.294. The monoisotopic (exact) mass is 742 g/mol. The fourth-order valence-electron chi connectivity index (χ4n) is 6.62. The Kier molecular flexibility index (Phi) is 10.6. The van der Waals surface area contributed by atoms with Crippen molar-refractivity contribution in [3.63, 3.8) is 0 Å². The standard InChI is InChI=1S/C36H44Cl2N6O5S/c1-7-49-30-22-28(50(47,48)41-34(2,3)4)16-17-29(30)32-40-35(5,24-8-12-26(37)13-9-24)36(6,25-10-14-27(38)15-11-25)44(32)33(46)43-20-18-42(19-21-43)23-31(39)45/h8-17,22,41H,7,18-21,23H2,1-6H3,(H2,39,45)/t35-,36+/m0/s1. The number of nitrogens with zero attached hydrogens (tertiary/aromatic N) is 4. The Labute approximate surface area is 304 Å². The van der Waals surface area contributed by atoms with Crippen molar-refractivity contribution in [2.24, 2.45) is 10.7 Å². The van der Waals surface area contributed by atoms with Gasteiger partial charge in [-0.2, -0.15) is 0 Å². The normalized spacial score (nSPS) is 21.6. The van der Waals surface area contributed by atoms with Gasteiger partial charge in [0.15, 0.2) is 0 Å². The number of piperazine rings is 1. The molecule has 0 bridgehead atoms. The Morgan fingerprint density at radius 2 is 1.48 bits per heavy atom. The topological polar surface area (TPSA) is 138 Å². The lowest BCUT2D eigenvalue weighted by Crippen LogP contribution is -2.61. The maximum Gasteiger partial charge on any atom is 0.326 e. The van der Waals surface area contributed by atoms with Crippen LogP contribution in [0, 0.1) is 0 Å². The van der Waals surface area contributed by atoms with Crippen LogP contribution in [-0.2, 0) is 25.9 Å². The number of hydrogen-bond donors (Lipinski definition) is 2. The highest BCUT2D eigenvalue weighted by Gasteiger charge is 2.60. The minimum absolute atomic E-state index is 0.0163. The van der Waals surface area contributed by atoms with Gasteiger partial charge in [-0.25, -0.2) is 17.9 Å². The highest BCUT2D eigenvalue weighted by Crippen LogP contribution is 2.54. The number of carbonyl (C=O) groups is 2. The Morgan fingerprint density at radius 1 is 0.920 bits per heavy atom. The van der Waals surface area contributed by atoms with Crippen molar-refractivity contribution in [2.75, 3.05) is 39.3 Å². The number of benzene rings is 3. The summed E-state index contributed by atoms with van der Waals surface area (Å²) < 4.78 is 35.6. The van der Waals surface area contributed by atoms with E-state index in [9.17, 15) is 13.2 Å². The van der Waals surface area contributed by atoms with Gasteiger partial charge >= 0.3 is 6.03 Å². The average molecular weight is 744 g/mol. The smallest absolute Gasteiger partial charge is 0.326 e. The number of nitrogens with one attached hydrogen (secondary N) is 1. The second-order valence-electron chi connectivity index (χ2n) is 13.9. The third-order valence-corrected chi connectivity index (χ3v) is 11.5. The summed E-state index contributed by atoms with van der Waals surface area (Å²) in [5.41, 5.74) is 4.51. The number of amides is 3. The summed E-state index contributed by atoms with van der Waals surface area (Å²) >= 11 is 12.7. The largest absolute Gasteiger partial charge is 0.493 e. The van der Waals surface area contributed by atoms with Gasteiger partial charge in [-0.15, -0.1) is 0 Å². The van der Waals surface area contributed by atoms with Crippen LogP contribution < -0.4 is 15.2 Å². The molecule has 3 N–H and O–H groups in total. The zero-order valence-electron chi connectivity index (χ0n) is 29.2. The van der Waals surface area contributed by atoms with Gasteiger partial charge in [0.05, 0.1) is 23.6 Å². The molecule has 11 nitrogen and oxygen atoms in total. The number of ether oxygens (including phenoxy) is 1. The molecule has 0 unspecified atom stereocenters. The Balaban J connectivity index is 1.74. The van der Waals surface area contributed by atoms with Crippen molar-refractivity contribution in [1.82, 2.24) is 19.4 Å². The van der Waals surface area contributed by atoms with E-state index >= 15 is 4.79 Å². The number of carbonyl (C=O) groups excluding carboxylic acids is 2. The van der Waals surface area contributed by atoms with Crippen LogP contribution in [0.4, 0.5) is 4.79 Å². The van der Waals surface area contributed by atoms with Crippen LogP contribution in [0.25, 0.3) is 0 Å². The van der Waals surface area contributed by atoms with E-state index < -0.39 is 32.5 Å². The van der Waals surface area contributed by atoms with E-state index in [4.69, 9.17) is 38.7 Å². The van der Waals surface area contributed by atoms with E-state index in [1.165, 1.54) is 12.1 Å². The molecule has 2 aliphatic heterocycles. The molecular weight excluding hydrogens is 699 g/mol. The maximum absolute atomic E-state index is 15.1. The van der Waals surface area contributed by atoms with Gasteiger partial charge in [0, 0.05) is 47.8 Å². The molecular formula is C36H44Cl2N6O5S. The lowest BCUT2D eigenvalue weighted by atomic mass is 9.71. The number of nitrogens with two attached hydrogens (primary N) is 1. The Bertz CT molecular complexity index is 1890. The van der Waals surface area contributed by atoms with Crippen molar-refractivity contribution >= 4 is 51.0 Å². The predicted octanol–water partition coefficient (Wildman–Crippen LogP) is 5.58. The molecule has 14 heteroatoms. The van der Waals surface area contributed by atoms with Gasteiger partial charge in [0.25, 0.3) is 0 Å². The molecule has 3 aromatic rings. The number of primary amides is 1. The summed E-state index contributed by atoms with van der Waals surface area (Å²) in [6.07, 6.45) is 0. The summed E-state index contributed by atoms with van der Waals surface area (Å²) in [7, 11) is -3.92. The van der Waals surface area contributed by atoms with Gasteiger partial charge in [0.2, 0.25) is 15.9 Å². The van der Waals surface area contributed by atoms with Crippen LogP contribution in [0.5, 0.6) is 5.75 Å². The van der Waals surface area contributed by atoms with E-state index in [2.05, 4.69) is 4.72 Å². The van der Waals surface area contributed by atoms with E-state index in [0.29, 0.717) is 47.6 Å². The highest BCUT2D eigenvalue weighted by atomic mass is 35.5. The van der Waals surface area contributed by atoms with Crippen LogP contribution in [-0.4, -0.2) is 85.8 Å². The predicted molar refractivity (Wildman–Crippen MR) is 196 cm³/mol. The van der Waals surface area contributed by atoms with Gasteiger partial charge in [0.1, 0.15) is 22.7 Å². The number of hydrogen-bond acceptors (Lipinski definition) is 7. The van der Waals surface area contributed by atoms with Crippen molar-refractivity contribution in [2.45, 2.75) is 63.1 Å². The van der Waals surface area contributed by atoms with Crippen LogP contribution in [0.3, 0.4) is 0 Å². The first-order chi connectivity index (χ1) is 23.4. The molecule has 2 atom stereocenters. The number of rotatable bonds is 9. The zero-order valence-corrected chi connectivity index (χ0v) is 31.5. The molecule has 268 valence electrons.